The number of hydrazine groups is 1. The van der Waals surface area contributed by atoms with Crippen LogP contribution in [0.25, 0.3) is 5.82 Å². The Morgan fingerprint density at radius 3 is 2.70 bits per heavy atom. The average Bonchev–Trinajstić information content (AvgIpc) is 2.87. The third-order valence-corrected chi connectivity index (χ3v) is 3.21. The number of hydrogen-bond acceptors (Lipinski definition) is 5. The van der Waals surface area contributed by atoms with Gasteiger partial charge in [0.15, 0.2) is 0 Å². The molecular weight excluding hydrogens is 252 g/mol. The van der Waals surface area contributed by atoms with Crippen LogP contribution in [0.15, 0.2) is 12.4 Å². The second kappa shape index (κ2) is 6.00. The van der Waals surface area contributed by atoms with Gasteiger partial charge in [0.2, 0.25) is 0 Å². The summed E-state index contributed by atoms with van der Waals surface area (Å²) >= 11 is 0. The highest BCUT2D eigenvalue weighted by molar-refractivity contribution is 5.51. The standard InChI is InChI=1S/C14H22N6/c1-5-6-11-16-7-8-20(11)14-10(4)13(19-15)17-12(18-14)9(2)3/h7-9H,5-6,15H2,1-4H3,(H,17,18,19). The molecule has 0 aromatic carbocycles. The molecule has 0 spiro atoms. The number of hydrogen-bond donors (Lipinski definition) is 2. The van der Waals surface area contributed by atoms with Crippen molar-refractivity contribution < 1.29 is 0 Å². The zero-order valence-corrected chi connectivity index (χ0v) is 12.5. The van der Waals surface area contributed by atoms with Gasteiger partial charge in [0.1, 0.15) is 23.3 Å². The lowest BCUT2D eigenvalue weighted by molar-refractivity contribution is 0.741. The number of nitrogen functional groups attached to an aromatic ring is 1. The lowest BCUT2D eigenvalue weighted by Gasteiger charge is -2.15. The second-order valence-corrected chi connectivity index (χ2v) is 5.14. The van der Waals surface area contributed by atoms with Crippen LogP contribution in [-0.2, 0) is 6.42 Å². The van der Waals surface area contributed by atoms with E-state index in [1.54, 1.807) is 6.20 Å². The van der Waals surface area contributed by atoms with Crippen LogP contribution in [0.2, 0.25) is 0 Å². The predicted octanol–water partition coefficient (Wildman–Crippen LogP) is 2.33. The van der Waals surface area contributed by atoms with Gasteiger partial charge in [0, 0.05) is 30.3 Å². The van der Waals surface area contributed by atoms with E-state index in [-0.39, 0.29) is 5.92 Å². The lowest BCUT2D eigenvalue weighted by Crippen LogP contribution is -2.16. The van der Waals surface area contributed by atoms with Gasteiger partial charge < -0.3 is 5.43 Å². The van der Waals surface area contributed by atoms with Crippen molar-refractivity contribution in [3.63, 3.8) is 0 Å². The van der Waals surface area contributed by atoms with Crippen LogP contribution >= 0.6 is 0 Å². The molecule has 0 saturated heterocycles. The normalized spacial score (nSPS) is 11.1. The van der Waals surface area contributed by atoms with E-state index in [1.165, 1.54) is 0 Å². The number of rotatable bonds is 5. The first kappa shape index (κ1) is 14.5. The molecule has 108 valence electrons. The quantitative estimate of drug-likeness (QED) is 0.646. The summed E-state index contributed by atoms with van der Waals surface area (Å²) in [5.41, 5.74) is 3.58. The summed E-state index contributed by atoms with van der Waals surface area (Å²) in [6.07, 6.45) is 5.70. The van der Waals surface area contributed by atoms with E-state index in [4.69, 9.17) is 5.84 Å². The van der Waals surface area contributed by atoms with Gasteiger partial charge in [0.05, 0.1) is 0 Å². The van der Waals surface area contributed by atoms with Gasteiger partial charge in [-0.25, -0.2) is 20.8 Å². The van der Waals surface area contributed by atoms with Gasteiger partial charge >= 0.3 is 0 Å². The molecule has 2 aromatic heterocycles. The lowest BCUT2D eigenvalue weighted by atomic mass is 10.2. The first-order valence-electron chi connectivity index (χ1n) is 6.96. The molecule has 0 aliphatic carbocycles. The molecule has 0 aliphatic heterocycles. The minimum Gasteiger partial charge on any atom is -0.308 e. The van der Waals surface area contributed by atoms with Crippen LogP contribution in [-0.4, -0.2) is 19.5 Å². The monoisotopic (exact) mass is 274 g/mol. The molecule has 20 heavy (non-hydrogen) atoms. The fourth-order valence-corrected chi connectivity index (χ4v) is 2.09. The Kier molecular flexibility index (Phi) is 4.34. The first-order chi connectivity index (χ1) is 9.58. The molecule has 0 amide bonds. The number of nitrogens with two attached hydrogens (primary N) is 1. The Morgan fingerprint density at radius 2 is 2.10 bits per heavy atom. The van der Waals surface area contributed by atoms with Crippen molar-refractivity contribution in [1.82, 2.24) is 19.5 Å². The molecule has 6 heteroatoms. The minimum atomic E-state index is 0.236. The van der Waals surface area contributed by atoms with Gasteiger partial charge in [-0.05, 0) is 13.3 Å². The highest BCUT2D eigenvalue weighted by Crippen LogP contribution is 2.22. The second-order valence-electron chi connectivity index (χ2n) is 5.14. The molecule has 0 atom stereocenters. The van der Waals surface area contributed by atoms with Crippen LogP contribution < -0.4 is 11.3 Å². The van der Waals surface area contributed by atoms with Crippen molar-refractivity contribution in [3.05, 3.63) is 29.6 Å². The Balaban J connectivity index is 2.59. The fourth-order valence-electron chi connectivity index (χ4n) is 2.09. The smallest absolute Gasteiger partial charge is 0.148 e. The van der Waals surface area contributed by atoms with Gasteiger partial charge in [-0.1, -0.05) is 20.8 Å². The van der Waals surface area contributed by atoms with E-state index >= 15 is 0 Å². The molecule has 0 radical (unpaired) electrons. The first-order valence-corrected chi connectivity index (χ1v) is 6.96. The maximum Gasteiger partial charge on any atom is 0.148 e. The van der Waals surface area contributed by atoms with Crippen molar-refractivity contribution in [2.75, 3.05) is 5.43 Å². The van der Waals surface area contributed by atoms with Crippen molar-refractivity contribution in [3.8, 4) is 5.82 Å². The Morgan fingerprint density at radius 1 is 1.35 bits per heavy atom. The van der Waals surface area contributed by atoms with Gasteiger partial charge in [0.25, 0.3) is 0 Å². The van der Waals surface area contributed by atoms with E-state index in [0.29, 0.717) is 5.82 Å². The maximum absolute atomic E-state index is 5.57. The van der Waals surface area contributed by atoms with Crippen LogP contribution in [0.1, 0.15) is 50.3 Å². The molecule has 2 rings (SSSR count). The molecule has 0 bridgehead atoms. The third-order valence-electron chi connectivity index (χ3n) is 3.21. The zero-order chi connectivity index (χ0) is 14.7. The summed E-state index contributed by atoms with van der Waals surface area (Å²) in [7, 11) is 0. The average molecular weight is 274 g/mol. The summed E-state index contributed by atoms with van der Waals surface area (Å²) in [5.74, 6) is 9.10. The summed E-state index contributed by atoms with van der Waals surface area (Å²) < 4.78 is 2.02. The molecule has 0 unspecified atom stereocenters. The maximum atomic E-state index is 5.57. The molecular formula is C14H22N6. The van der Waals surface area contributed by atoms with Crippen LogP contribution in [0, 0.1) is 6.92 Å². The number of anilines is 1. The largest absolute Gasteiger partial charge is 0.308 e. The van der Waals surface area contributed by atoms with Crippen molar-refractivity contribution >= 4 is 5.82 Å². The van der Waals surface area contributed by atoms with E-state index in [1.807, 2.05) is 17.7 Å². The number of nitrogens with one attached hydrogen (secondary N) is 1. The predicted molar refractivity (Wildman–Crippen MR) is 79.8 cm³/mol. The Labute approximate surface area is 119 Å². The summed E-state index contributed by atoms with van der Waals surface area (Å²) in [6.45, 7) is 8.23. The Hall–Kier alpha value is -1.95. The topological polar surface area (TPSA) is 81.7 Å². The van der Waals surface area contributed by atoms with Crippen LogP contribution in [0.4, 0.5) is 5.82 Å². The van der Waals surface area contributed by atoms with Crippen molar-refractivity contribution in [1.29, 1.82) is 0 Å². The minimum absolute atomic E-state index is 0.236. The third kappa shape index (κ3) is 2.65. The fraction of sp³-hybridized carbons (Fsp3) is 0.500. The van der Waals surface area contributed by atoms with Gasteiger partial charge in [-0.15, -0.1) is 0 Å². The number of nitrogens with zero attached hydrogens (tertiary/aromatic N) is 4. The van der Waals surface area contributed by atoms with Gasteiger partial charge in [-0.2, -0.15) is 0 Å². The van der Waals surface area contributed by atoms with Crippen LogP contribution in [0.5, 0.6) is 0 Å². The van der Waals surface area contributed by atoms with Crippen molar-refractivity contribution in [2.24, 2.45) is 5.84 Å². The molecule has 2 aromatic rings. The van der Waals surface area contributed by atoms with E-state index in [2.05, 4.69) is 41.1 Å². The van der Waals surface area contributed by atoms with E-state index in [0.717, 1.165) is 35.9 Å². The molecule has 0 fully saturated rings. The molecule has 6 nitrogen and oxygen atoms in total. The molecule has 0 aliphatic rings. The number of imidazole rings is 1. The summed E-state index contributed by atoms with van der Waals surface area (Å²) in [5, 5.41) is 0. The van der Waals surface area contributed by atoms with E-state index < -0.39 is 0 Å². The number of aryl methyl sites for hydroxylation is 1. The van der Waals surface area contributed by atoms with Crippen LogP contribution in [0.3, 0.4) is 0 Å². The summed E-state index contributed by atoms with van der Waals surface area (Å²) in [6, 6.07) is 0. The molecule has 0 saturated carbocycles. The SMILES string of the molecule is CCCc1nccn1-c1nc(C(C)C)nc(NN)c1C. The molecule has 2 heterocycles. The number of aromatic nitrogens is 4. The zero-order valence-electron chi connectivity index (χ0n) is 12.5. The highest BCUT2D eigenvalue weighted by Gasteiger charge is 2.15. The van der Waals surface area contributed by atoms with Crippen molar-refractivity contribution in [2.45, 2.75) is 46.5 Å². The van der Waals surface area contributed by atoms with Gasteiger partial charge in [-0.3, -0.25) is 4.57 Å². The van der Waals surface area contributed by atoms with E-state index in [9.17, 15) is 0 Å². The Bertz CT molecular complexity index is 587. The summed E-state index contributed by atoms with van der Waals surface area (Å²) in [4.78, 5) is 13.5. The highest BCUT2D eigenvalue weighted by atomic mass is 15.3. The molecule has 3 N–H and O–H groups in total.